The summed E-state index contributed by atoms with van der Waals surface area (Å²) in [6, 6.07) is 9.72. The molecule has 2 aromatic rings. The summed E-state index contributed by atoms with van der Waals surface area (Å²) in [4.78, 5) is 58.7. The van der Waals surface area contributed by atoms with Crippen molar-refractivity contribution >= 4 is 41.4 Å². The molecule has 0 radical (unpaired) electrons. The summed E-state index contributed by atoms with van der Waals surface area (Å²) >= 11 is 0. The maximum Gasteiger partial charge on any atom is 0.490 e. The molecule has 0 saturated heterocycles. The Bertz CT molecular complexity index is 1180. The van der Waals surface area contributed by atoms with Gasteiger partial charge in [-0.2, -0.15) is 13.2 Å². The number of carbonyl (C=O) groups is 5. The van der Waals surface area contributed by atoms with E-state index in [-0.39, 0.29) is 22.8 Å². The summed E-state index contributed by atoms with van der Waals surface area (Å²) in [7, 11) is 0. The first-order chi connectivity index (χ1) is 17.1. The van der Waals surface area contributed by atoms with Crippen molar-refractivity contribution in [2.75, 3.05) is 0 Å². The Kier molecular flexibility index (Phi) is 10.6. The molecule has 0 aliphatic heterocycles. The van der Waals surface area contributed by atoms with Crippen LogP contribution in [0.2, 0.25) is 0 Å². The van der Waals surface area contributed by atoms with Gasteiger partial charge >= 0.3 is 30.1 Å². The first kappa shape index (κ1) is 29.9. The molecule has 1 atom stereocenters. The highest BCUT2D eigenvalue weighted by Gasteiger charge is 2.38. The predicted octanol–water partition coefficient (Wildman–Crippen LogP) is 1.10. The third-order valence-electron chi connectivity index (χ3n) is 3.91. The fraction of sp³-hybridized carbons (Fsp3) is 0.143. The number of hydrogen-bond acceptors (Lipinski definition) is 7. The van der Waals surface area contributed by atoms with E-state index in [9.17, 15) is 32.3 Å². The number of nitrogens with one attached hydrogen (secondary N) is 1. The molecule has 13 nitrogen and oxygen atoms in total. The smallest absolute Gasteiger partial charge is 0.481 e. The van der Waals surface area contributed by atoms with Crippen LogP contribution in [0.4, 0.5) is 18.9 Å². The van der Waals surface area contributed by atoms with Gasteiger partial charge in [0.1, 0.15) is 11.8 Å². The molecule has 16 heteroatoms. The average Bonchev–Trinajstić information content (AvgIpc) is 2.78. The van der Waals surface area contributed by atoms with Crippen LogP contribution in [0.5, 0.6) is 5.75 Å². The van der Waals surface area contributed by atoms with Crippen LogP contribution in [0.25, 0.3) is 0 Å². The molecule has 0 bridgehead atoms. The number of halogens is 3. The summed E-state index contributed by atoms with van der Waals surface area (Å²) in [5.74, 6) is -7.00. The standard InChI is InChI=1S/C19H18N4O7.C2HF3O2/c20-19(21)22-12-5-1-11(2-6-12)18(29)30-13-7-3-10(4-8-13)16(26)23-14(17(27)28)9-15(24)25;3-2(4,5)1(6)7/h1-8,14H,9H2,(H,23,26)(H,24,25)(H,27,28)(H4,20,21,22);(H,6,7)/t14-;/m0./s1. The van der Waals surface area contributed by atoms with Crippen molar-refractivity contribution in [3.05, 3.63) is 59.7 Å². The lowest BCUT2D eigenvalue weighted by Gasteiger charge is -2.12. The van der Waals surface area contributed by atoms with E-state index in [1.54, 1.807) is 0 Å². The molecule has 0 spiro atoms. The van der Waals surface area contributed by atoms with Crippen LogP contribution in [0, 0.1) is 0 Å². The minimum absolute atomic E-state index is 0.0630. The van der Waals surface area contributed by atoms with E-state index in [0.717, 1.165) is 0 Å². The van der Waals surface area contributed by atoms with Crippen LogP contribution in [-0.2, 0) is 14.4 Å². The molecule has 198 valence electrons. The van der Waals surface area contributed by atoms with Crippen molar-refractivity contribution in [2.45, 2.75) is 18.6 Å². The second-order valence-electron chi connectivity index (χ2n) is 6.76. The molecule has 0 saturated carbocycles. The molecule has 2 aromatic carbocycles. The summed E-state index contributed by atoms with van der Waals surface area (Å²) in [5, 5.41) is 26.9. The number of amides is 1. The molecular weight excluding hydrogens is 509 g/mol. The van der Waals surface area contributed by atoms with Gasteiger partial charge in [0.15, 0.2) is 5.96 Å². The van der Waals surface area contributed by atoms with E-state index in [4.69, 9.17) is 36.3 Å². The van der Waals surface area contributed by atoms with Crippen LogP contribution in [-0.4, -0.2) is 63.3 Å². The van der Waals surface area contributed by atoms with Gasteiger partial charge in [0.25, 0.3) is 5.91 Å². The predicted molar refractivity (Wildman–Crippen MR) is 118 cm³/mol. The van der Waals surface area contributed by atoms with Crippen LogP contribution < -0.4 is 21.5 Å². The molecule has 0 aliphatic rings. The Hall–Kier alpha value is -5.15. The molecule has 0 heterocycles. The SMILES string of the molecule is NC(N)=Nc1ccc(C(=O)Oc2ccc(C(=O)N[C@@H](CC(=O)O)C(=O)O)cc2)cc1.O=C(O)C(F)(F)F. The first-order valence-electron chi connectivity index (χ1n) is 9.67. The van der Waals surface area contributed by atoms with E-state index in [0.29, 0.717) is 5.69 Å². The highest BCUT2D eigenvalue weighted by molar-refractivity contribution is 5.97. The number of alkyl halides is 3. The van der Waals surface area contributed by atoms with Crippen molar-refractivity contribution in [1.29, 1.82) is 0 Å². The molecule has 0 aliphatic carbocycles. The van der Waals surface area contributed by atoms with Crippen LogP contribution >= 0.6 is 0 Å². The van der Waals surface area contributed by atoms with Crippen molar-refractivity contribution in [3.63, 3.8) is 0 Å². The number of carboxylic acid groups (broad SMARTS) is 3. The minimum Gasteiger partial charge on any atom is -0.481 e. The Morgan fingerprint density at radius 1 is 0.892 bits per heavy atom. The summed E-state index contributed by atoms with van der Waals surface area (Å²) in [6.45, 7) is 0. The molecule has 2 rings (SSSR count). The number of ether oxygens (including phenoxy) is 1. The molecule has 37 heavy (non-hydrogen) atoms. The van der Waals surface area contributed by atoms with Gasteiger partial charge in [-0.15, -0.1) is 0 Å². The number of guanidine groups is 1. The molecule has 0 fully saturated rings. The Morgan fingerprint density at radius 3 is 1.78 bits per heavy atom. The van der Waals surface area contributed by atoms with Crippen molar-refractivity contribution < 1.29 is 57.2 Å². The van der Waals surface area contributed by atoms with Gasteiger partial charge in [-0.3, -0.25) is 9.59 Å². The van der Waals surface area contributed by atoms with Crippen LogP contribution in [0.3, 0.4) is 0 Å². The maximum absolute atomic E-state index is 12.2. The lowest BCUT2D eigenvalue weighted by atomic mass is 10.1. The zero-order valence-electron chi connectivity index (χ0n) is 18.4. The molecule has 0 unspecified atom stereocenters. The molecule has 8 N–H and O–H groups in total. The molecule has 0 aromatic heterocycles. The lowest BCUT2D eigenvalue weighted by Crippen LogP contribution is -2.42. The normalized spacial score (nSPS) is 11.1. The summed E-state index contributed by atoms with van der Waals surface area (Å²) < 4.78 is 36.9. The number of aliphatic imine (C=N–C) groups is 1. The zero-order valence-corrected chi connectivity index (χ0v) is 18.4. The van der Waals surface area contributed by atoms with E-state index < -0.39 is 48.4 Å². The molecular formula is C21H19F3N4O9. The molecule has 1 amide bonds. The van der Waals surface area contributed by atoms with E-state index in [1.807, 2.05) is 0 Å². The second-order valence-corrected chi connectivity index (χ2v) is 6.76. The minimum atomic E-state index is -5.08. The maximum atomic E-state index is 12.2. The highest BCUT2D eigenvalue weighted by atomic mass is 19.4. The highest BCUT2D eigenvalue weighted by Crippen LogP contribution is 2.17. The van der Waals surface area contributed by atoms with Gasteiger partial charge in [-0.25, -0.2) is 19.4 Å². The number of carbonyl (C=O) groups excluding carboxylic acids is 2. The number of esters is 1. The number of benzene rings is 2. The van der Waals surface area contributed by atoms with Crippen molar-refractivity contribution in [2.24, 2.45) is 16.5 Å². The number of nitrogens with zero attached hydrogens (tertiary/aromatic N) is 1. The Balaban J connectivity index is 0.000000856. The largest absolute Gasteiger partial charge is 0.490 e. The zero-order chi connectivity index (χ0) is 28.3. The fourth-order valence-corrected chi connectivity index (χ4v) is 2.28. The monoisotopic (exact) mass is 528 g/mol. The van der Waals surface area contributed by atoms with E-state index in [1.165, 1.54) is 48.5 Å². The average molecular weight is 528 g/mol. The summed E-state index contributed by atoms with van der Waals surface area (Å²) in [6.07, 6.45) is -5.85. The van der Waals surface area contributed by atoms with Crippen LogP contribution in [0.1, 0.15) is 27.1 Å². The van der Waals surface area contributed by atoms with Gasteiger partial charge in [0, 0.05) is 5.56 Å². The topological polar surface area (TPSA) is 232 Å². The first-order valence-corrected chi connectivity index (χ1v) is 9.67. The Morgan fingerprint density at radius 2 is 1.38 bits per heavy atom. The van der Waals surface area contributed by atoms with Gasteiger partial charge < -0.3 is 36.8 Å². The number of carboxylic acids is 3. The van der Waals surface area contributed by atoms with Crippen molar-refractivity contribution in [1.82, 2.24) is 5.32 Å². The lowest BCUT2D eigenvalue weighted by molar-refractivity contribution is -0.192. The third kappa shape index (κ3) is 10.8. The van der Waals surface area contributed by atoms with Crippen LogP contribution in [0.15, 0.2) is 53.5 Å². The second kappa shape index (κ2) is 13.1. The summed E-state index contributed by atoms with van der Waals surface area (Å²) in [5.41, 5.74) is 11.3. The number of hydrogen-bond donors (Lipinski definition) is 6. The number of nitrogens with two attached hydrogens (primary N) is 2. The third-order valence-corrected chi connectivity index (χ3v) is 3.91. The van der Waals surface area contributed by atoms with Gasteiger partial charge in [0.05, 0.1) is 17.7 Å². The number of rotatable bonds is 8. The van der Waals surface area contributed by atoms with Gasteiger partial charge in [-0.1, -0.05) is 0 Å². The Labute approximate surface area is 205 Å². The fourth-order valence-electron chi connectivity index (χ4n) is 2.28. The van der Waals surface area contributed by atoms with Gasteiger partial charge in [-0.05, 0) is 48.5 Å². The van der Waals surface area contributed by atoms with E-state index in [2.05, 4.69) is 10.3 Å². The van der Waals surface area contributed by atoms with Gasteiger partial charge in [0.2, 0.25) is 0 Å². The van der Waals surface area contributed by atoms with Crippen molar-refractivity contribution in [3.8, 4) is 5.75 Å². The number of aliphatic carboxylic acids is 3. The quantitative estimate of drug-likeness (QED) is 0.123. The van der Waals surface area contributed by atoms with E-state index >= 15 is 0 Å².